The Balaban J connectivity index is 2.93. The second-order valence-corrected chi connectivity index (χ2v) is 4.74. The molecule has 0 spiro atoms. The third kappa shape index (κ3) is 1.61. The number of hydrogen-bond donors (Lipinski definition) is 1. The third-order valence-electron chi connectivity index (χ3n) is 2.61. The molecule has 0 aliphatic carbocycles. The van der Waals surface area contributed by atoms with E-state index in [9.17, 15) is 4.79 Å². The molecule has 15 heavy (non-hydrogen) atoms. The Morgan fingerprint density at radius 1 is 1.33 bits per heavy atom. The van der Waals surface area contributed by atoms with Crippen LogP contribution in [0.3, 0.4) is 0 Å². The lowest BCUT2D eigenvalue weighted by atomic mass is 10.1. The summed E-state index contributed by atoms with van der Waals surface area (Å²) in [5.74, 6) is 0.108. The van der Waals surface area contributed by atoms with E-state index >= 15 is 0 Å². The van der Waals surface area contributed by atoms with Gasteiger partial charge in [0.15, 0.2) is 5.78 Å². The fraction of sp³-hybridized carbons (Fsp3) is 0.250. The molecule has 1 aromatic heterocycles. The summed E-state index contributed by atoms with van der Waals surface area (Å²) >= 11 is 3.45. The Morgan fingerprint density at radius 2 is 2.00 bits per heavy atom. The van der Waals surface area contributed by atoms with Crippen LogP contribution >= 0.6 is 15.9 Å². The number of aryl methyl sites for hydroxylation is 2. The number of carbonyl (C=O) groups excluding carboxylic acids is 1. The lowest BCUT2D eigenvalue weighted by molar-refractivity contribution is 0.101. The monoisotopic (exact) mass is 265 g/mol. The van der Waals surface area contributed by atoms with Crippen LogP contribution in [0, 0.1) is 13.8 Å². The Hall–Kier alpha value is -1.09. The zero-order valence-corrected chi connectivity index (χ0v) is 10.5. The molecule has 1 N–H and O–H groups in total. The van der Waals surface area contributed by atoms with E-state index in [4.69, 9.17) is 0 Å². The van der Waals surface area contributed by atoms with Gasteiger partial charge >= 0.3 is 0 Å². The zero-order valence-electron chi connectivity index (χ0n) is 8.94. The van der Waals surface area contributed by atoms with Crippen molar-refractivity contribution in [1.82, 2.24) is 4.98 Å². The Kier molecular flexibility index (Phi) is 2.43. The number of ketones is 1. The van der Waals surface area contributed by atoms with Crippen LogP contribution < -0.4 is 0 Å². The van der Waals surface area contributed by atoms with Gasteiger partial charge in [-0.05, 0) is 38.5 Å². The van der Waals surface area contributed by atoms with E-state index in [0.717, 1.165) is 32.2 Å². The second kappa shape index (κ2) is 3.49. The predicted molar refractivity (Wildman–Crippen MR) is 65.5 cm³/mol. The topological polar surface area (TPSA) is 32.9 Å². The Morgan fingerprint density at radius 3 is 2.60 bits per heavy atom. The molecule has 0 atom stereocenters. The molecular formula is C12H12BrNO. The molecule has 0 aliphatic rings. The minimum Gasteiger partial charge on any atom is -0.358 e. The average molecular weight is 266 g/mol. The van der Waals surface area contributed by atoms with Gasteiger partial charge in [0.05, 0.1) is 0 Å². The lowest BCUT2D eigenvalue weighted by Crippen LogP contribution is -1.92. The highest BCUT2D eigenvalue weighted by molar-refractivity contribution is 9.10. The van der Waals surface area contributed by atoms with Crippen LogP contribution in [-0.2, 0) is 0 Å². The summed E-state index contributed by atoms with van der Waals surface area (Å²) in [7, 11) is 0. The van der Waals surface area contributed by atoms with Gasteiger partial charge in [-0.1, -0.05) is 15.9 Å². The first-order chi connectivity index (χ1) is 7.00. The van der Waals surface area contributed by atoms with Gasteiger partial charge in [0, 0.05) is 26.6 Å². The first-order valence-corrected chi connectivity index (χ1v) is 5.59. The molecule has 0 amide bonds. The number of H-pyrrole nitrogens is 1. The van der Waals surface area contributed by atoms with Crippen LogP contribution in [0.1, 0.15) is 28.5 Å². The van der Waals surface area contributed by atoms with Gasteiger partial charge in [0.25, 0.3) is 0 Å². The van der Waals surface area contributed by atoms with Crippen LogP contribution in [0.2, 0.25) is 0 Å². The van der Waals surface area contributed by atoms with Gasteiger partial charge in [-0.25, -0.2) is 0 Å². The van der Waals surface area contributed by atoms with E-state index in [1.807, 2.05) is 26.0 Å². The van der Waals surface area contributed by atoms with Crippen molar-refractivity contribution < 1.29 is 4.79 Å². The number of halogens is 1. The van der Waals surface area contributed by atoms with Gasteiger partial charge in [-0.15, -0.1) is 0 Å². The lowest BCUT2D eigenvalue weighted by Gasteiger charge is -1.99. The molecule has 1 aromatic carbocycles. The standard InChI is InChI=1S/C12H12BrNO/c1-6-4-9(13)5-10-11(8(3)15)7(2)14-12(6)10/h4-5,14H,1-3H3. The number of aromatic nitrogens is 1. The van der Waals surface area contributed by atoms with Gasteiger partial charge in [-0.3, -0.25) is 4.79 Å². The van der Waals surface area contributed by atoms with Crippen molar-refractivity contribution in [2.75, 3.05) is 0 Å². The molecule has 0 aliphatic heterocycles. The SMILES string of the molecule is CC(=O)c1c(C)[nH]c2c(C)cc(Br)cc12. The molecule has 2 nitrogen and oxygen atoms in total. The maximum atomic E-state index is 11.5. The summed E-state index contributed by atoms with van der Waals surface area (Å²) in [6, 6.07) is 4.03. The zero-order chi connectivity index (χ0) is 11.2. The summed E-state index contributed by atoms with van der Waals surface area (Å²) in [5.41, 5.74) is 3.95. The van der Waals surface area contributed by atoms with Gasteiger partial charge in [0.1, 0.15) is 0 Å². The molecular weight excluding hydrogens is 254 g/mol. The van der Waals surface area contributed by atoms with E-state index in [0.29, 0.717) is 0 Å². The highest BCUT2D eigenvalue weighted by Gasteiger charge is 2.13. The molecule has 3 heteroatoms. The molecule has 0 radical (unpaired) electrons. The Labute approximate surface area is 96.8 Å². The van der Waals surface area contributed by atoms with Crippen molar-refractivity contribution in [2.24, 2.45) is 0 Å². The maximum Gasteiger partial charge on any atom is 0.162 e. The molecule has 0 unspecified atom stereocenters. The summed E-state index contributed by atoms with van der Waals surface area (Å²) < 4.78 is 1.01. The molecule has 2 rings (SSSR count). The van der Waals surface area contributed by atoms with E-state index in [1.165, 1.54) is 0 Å². The summed E-state index contributed by atoms with van der Waals surface area (Å²) in [5, 5.41) is 1.01. The number of nitrogens with one attached hydrogen (secondary N) is 1. The number of rotatable bonds is 1. The number of Topliss-reactive ketones (excluding diaryl/α,β-unsaturated/α-hetero) is 1. The largest absolute Gasteiger partial charge is 0.358 e. The summed E-state index contributed by atoms with van der Waals surface area (Å²) in [6.07, 6.45) is 0. The second-order valence-electron chi connectivity index (χ2n) is 3.83. The molecule has 0 saturated heterocycles. The van der Waals surface area contributed by atoms with Crippen LogP contribution in [0.4, 0.5) is 0 Å². The molecule has 1 heterocycles. The first-order valence-electron chi connectivity index (χ1n) is 4.80. The maximum absolute atomic E-state index is 11.5. The molecule has 78 valence electrons. The minimum atomic E-state index is 0.108. The quantitative estimate of drug-likeness (QED) is 0.783. The van der Waals surface area contributed by atoms with Crippen LogP contribution in [0.15, 0.2) is 16.6 Å². The smallest absolute Gasteiger partial charge is 0.162 e. The van der Waals surface area contributed by atoms with Crippen molar-refractivity contribution in [1.29, 1.82) is 0 Å². The molecule has 0 fully saturated rings. The van der Waals surface area contributed by atoms with Crippen molar-refractivity contribution in [3.8, 4) is 0 Å². The van der Waals surface area contributed by atoms with Gasteiger partial charge in [-0.2, -0.15) is 0 Å². The summed E-state index contributed by atoms with van der Waals surface area (Å²) in [4.78, 5) is 14.8. The van der Waals surface area contributed by atoms with Gasteiger partial charge in [0.2, 0.25) is 0 Å². The van der Waals surface area contributed by atoms with Crippen LogP contribution in [0.25, 0.3) is 10.9 Å². The molecule has 0 bridgehead atoms. The van der Waals surface area contributed by atoms with E-state index < -0.39 is 0 Å². The van der Waals surface area contributed by atoms with Crippen molar-refractivity contribution >= 4 is 32.6 Å². The fourth-order valence-corrected chi connectivity index (χ4v) is 2.58. The normalized spacial score (nSPS) is 10.9. The first kappa shape index (κ1) is 10.4. The Bertz CT molecular complexity index is 554. The van der Waals surface area contributed by atoms with Crippen molar-refractivity contribution in [3.63, 3.8) is 0 Å². The van der Waals surface area contributed by atoms with Crippen molar-refractivity contribution in [2.45, 2.75) is 20.8 Å². The van der Waals surface area contributed by atoms with E-state index in [2.05, 4.69) is 20.9 Å². The number of aromatic amines is 1. The number of hydrogen-bond acceptors (Lipinski definition) is 1. The third-order valence-corrected chi connectivity index (χ3v) is 3.07. The average Bonchev–Trinajstić information content (AvgIpc) is 2.41. The highest BCUT2D eigenvalue weighted by atomic mass is 79.9. The molecule has 0 saturated carbocycles. The number of fused-ring (bicyclic) bond motifs is 1. The fourth-order valence-electron chi connectivity index (χ4n) is 2.01. The number of carbonyl (C=O) groups is 1. The predicted octanol–water partition coefficient (Wildman–Crippen LogP) is 3.75. The van der Waals surface area contributed by atoms with E-state index in [-0.39, 0.29) is 5.78 Å². The van der Waals surface area contributed by atoms with Crippen LogP contribution in [-0.4, -0.2) is 10.8 Å². The highest BCUT2D eigenvalue weighted by Crippen LogP contribution is 2.28. The van der Waals surface area contributed by atoms with E-state index in [1.54, 1.807) is 6.92 Å². The van der Waals surface area contributed by atoms with Gasteiger partial charge < -0.3 is 4.98 Å². The number of benzene rings is 1. The van der Waals surface area contributed by atoms with Crippen LogP contribution in [0.5, 0.6) is 0 Å². The van der Waals surface area contributed by atoms with Crippen molar-refractivity contribution in [3.05, 3.63) is 33.4 Å². The summed E-state index contributed by atoms with van der Waals surface area (Å²) in [6.45, 7) is 5.57. The molecule has 2 aromatic rings. The minimum absolute atomic E-state index is 0.108.